The van der Waals surface area contributed by atoms with Crippen molar-refractivity contribution in [3.63, 3.8) is 0 Å². The van der Waals surface area contributed by atoms with Crippen molar-refractivity contribution >= 4 is 5.96 Å². The van der Waals surface area contributed by atoms with Gasteiger partial charge in [-0.1, -0.05) is 45.0 Å². The van der Waals surface area contributed by atoms with Crippen molar-refractivity contribution in [1.29, 1.82) is 0 Å². The fraction of sp³-hybridized carbons (Fsp3) is 0.545. The number of hydrogen-bond donors (Lipinski definition) is 2. The third-order valence-corrected chi connectivity index (χ3v) is 4.94. The number of fused-ring (bicyclic) bond motifs is 1. The Labute approximate surface area is 168 Å². The van der Waals surface area contributed by atoms with E-state index in [9.17, 15) is 0 Å². The molecule has 2 heterocycles. The Morgan fingerprint density at radius 1 is 1.21 bits per heavy atom. The molecule has 1 aromatic heterocycles. The molecule has 0 saturated heterocycles. The Morgan fingerprint density at radius 3 is 2.71 bits per heavy atom. The van der Waals surface area contributed by atoms with Crippen LogP contribution in [0.3, 0.4) is 0 Å². The minimum Gasteiger partial charge on any atom is -0.443 e. The molecule has 0 amide bonds. The molecule has 0 bridgehead atoms. The van der Waals surface area contributed by atoms with Crippen LogP contribution in [0, 0.1) is 0 Å². The smallest absolute Gasteiger partial charge is 0.216 e. The van der Waals surface area contributed by atoms with Gasteiger partial charge in [-0.25, -0.2) is 9.98 Å². The average molecular weight is 384 g/mol. The molecular formula is C22H33N5O. The van der Waals surface area contributed by atoms with Crippen molar-refractivity contribution in [2.24, 2.45) is 4.99 Å². The van der Waals surface area contributed by atoms with E-state index in [0.717, 1.165) is 50.9 Å². The highest BCUT2D eigenvalue weighted by atomic mass is 16.4. The monoisotopic (exact) mass is 383 g/mol. The second kappa shape index (κ2) is 9.24. The molecule has 1 aromatic carbocycles. The average Bonchev–Trinajstić information content (AvgIpc) is 3.15. The first-order valence-corrected chi connectivity index (χ1v) is 10.2. The normalized spacial score (nSPS) is 15.4. The molecule has 0 fully saturated rings. The minimum absolute atomic E-state index is 0.0369. The summed E-state index contributed by atoms with van der Waals surface area (Å²) in [5.74, 6) is 2.34. The molecule has 2 N–H and O–H groups in total. The van der Waals surface area contributed by atoms with E-state index in [2.05, 4.69) is 77.5 Å². The zero-order valence-corrected chi connectivity index (χ0v) is 17.6. The molecule has 0 atom stereocenters. The molecule has 0 saturated carbocycles. The van der Waals surface area contributed by atoms with Gasteiger partial charge in [0.05, 0.1) is 6.20 Å². The fourth-order valence-electron chi connectivity index (χ4n) is 3.30. The Kier molecular flexibility index (Phi) is 6.73. The summed E-state index contributed by atoms with van der Waals surface area (Å²) in [5.41, 5.74) is 2.90. The van der Waals surface area contributed by atoms with E-state index in [1.54, 1.807) is 6.20 Å². The van der Waals surface area contributed by atoms with Crippen molar-refractivity contribution < 1.29 is 4.42 Å². The van der Waals surface area contributed by atoms with Crippen molar-refractivity contribution in [3.05, 3.63) is 53.2 Å². The summed E-state index contributed by atoms with van der Waals surface area (Å²) in [6, 6.07) is 8.75. The maximum atomic E-state index is 5.83. The second-order valence-electron chi connectivity index (χ2n) is 8.29. The van der Waals surface area contributed by atoms with E-state index in [1.807, 2.05) is 0 Å². The van der Waals surface area contributed by atoms with Crippen LogP contribution >= 0.6 is 0 Å². The number of hydrogen-bond acceptors (Lipinski definition) is 4. The number of nitrogens with one attached hydrogen (secondary N) is 2. The number of rotatable bonds is 6. The zero-order chi connectivity index (χ0) is 20.0. The molecule has 0 aliphatic carbocycles. The number of oxazole rings is 1. The number of nitrogens with zero attached hydrogens (tertiary/aromatic N) is 3. The van der Waals surface area contributed by atoms with Gasteiger partial charge in [0.2, 0.25) is 5.89 Å². The van der Waals surface area contributed by atoms with Crippen LogP contribution in [0.1, 0.15) is 50.5 Å². The predicted octanol–water partition coefficient (Wildman–Crippen LogP) is 3.09. The zero-order valence-electron chi connectivity index (χ0n) is 17.6. The summed E-state index contributed by atoms with van der Waals surface area (Å²) in [7, 11) is 0. The van der Waals surface area contributed by atoms with Crippen molar-refractivity contribution in [1.82, 2.24) is 20.5 Å². The molecular weight excluding hydrogens is 350 g/mol. The maximum Gasteiger partial charge on any atom is 0.216 e. The van der Waals surface area contributed by atoms with Crippen LogP contribution in [0.5, 0.6) is 0 Å². The Hall–Kier alpha value is -2.34. The van der Waals surface area contributed by atoms with Gasteiger partial charge in [0, 0.05) is 38.1 Å². The highest BCUT2D eigenvalue weighted by Crippen LogP contribution is 2.22. The molecule has 6 nitrogen and oxygen atoms in total. The quantitative estimate of drug-likeness (QED) is 0.593. The Bertz CT molecular complexity index is 790. The number of guanidine groups is 1. The first-order valence-electron chi connectivity index (χ1n) is 10.2. The lowest BCUT2D eigenvalue weighted by Gasteiger charge is -2.28. The third-order valence-electron chi connectivity index (χ3n) is 4.94. The standard InChI is InChI=1S/C22H33N5O/c1-5-23-21(26-15-20-25-14-19(28-20)22(2,3)4)24-11-13-27-12-10-17-8-6-7-9-18(17)16-27/h6-9,14H,5,10-13,15-16H2,1-4H3,(H2,23,24,26). The maximum absolute atomic E-state index is 5.83. The fourth-order valence-corrected chi connectivity index (χ4v) is 3.30. The molecule has 1 aliphatic rings. The van der Waals surface area contributed by atoms with E-state index >= 15 is 0 Å². The summed E-state index contributed by atoms with van der Waals surface area (Å²) < 4.78 is 5.83. The number of aromatic nitrogens is 1. The molecule has 28 heavy (non-hydrogen) atoms. The minimum atomic E-state index is -0.0369. The summed E-state index contributed by atoms with van der Waals surface area (Å²) in [6.45, 7) is 13.7. The lowest BCUT2D eigenvalue weighted by molar-refractivity contribution is 0.258. The van der Waals surface area contributed by atoms with E-state index in [4.69, 9.17) is 4.42 Å². The molecule has 152 valence electrons. The molecule has 0 radical (unpaired) electrons. The van der Waals surface area contributed by atoms with Gasteiger partial charge in [0.25, 0.3) is 0 Å². The van der Waals surface area contributed by atoms with Crippen LogP contribution in [0.4, 0.5) is 0 Å². The molecule has 2 aromatic rings. The largest absolute Gasteiger partial charge is 0.443 e. The molecule has 0 unspecified atom stereocenters. The Balaban J connectivity index is 1.49. The molecule has 0 spiro atoms. The summed E-state index contributed by atoms with van der Waals surface area (Å²) in [5, 5.41) is 6.72. The lowest BCUT2D eigenvalue weighted by Crippen LogP contribution is -2.42. The van der Waals surface area contributed by atoms with Gasteiger partial charge in [0.1, 0.15) is 12.3 Å². The highest BCUT2D eigenvalue weighted by molar-refractivity contribution is 5.79. The van der Waals surface area contributed by atoms with Gasteiger partial charge in [-0.05, 0) is 24.5 Å². The summed E-state index contributed by atoms with van der Waals surface area (Å²) >= 11 is 0. The molecule has 3 rings (SSSR count). The van der Waals surface area contributed by atoms with Gasteiger partial charge < -0.3 is 15.1 Å². The number of aliphatic imine (C=N–C) groups is 1. The predicted molar refractivity (Wildman–Crippen MR) is 113 cm³/mol. The molecule has 6 heteroatoms. The van der Waals surface area contributed by atoms with Crippen LogP contribution in [0.15, 0.2) is 39.9 Å². The third kappa shape index (κ3) is 5.58. The van der Waals surface area contributed by atoms with Crippen molar-refractivity contribution in [3.8, 4) is 0 Å². The van der Waals surface area contributed by atoms with Crippen LogP contribution in [-0.2, 0) is 24.9 Å². The van der Waals surface area contributed by atoms with Crippen LogP contribution in [0.25, 0.3) is 0 Å². The summed E-state index contributed by atoms with van der Waals surface area (Å²) in [4.78, 5) is 11.5. The highest BCUT2D eigenvalue weighted by Gasteiger charge is 2.19. The van der Waals surface area contributed by atoms with E-state index in [0.29, 0.717) is 12.4 Å². The van der Waals surface area contributed by atoms with E-state index < -0.39 is 0 Å². The van der Waals surface area contributed by atoms with E-state index in [-0.39, 0.29) is 5.41 Å². The second-order valence-corrected chi connectivity index (χ2v) is 8.29. The van der Waals surface area contributed by atoms with Crippen LogP contribution in [-0.4, -0.2) is 42.0 Å². The lowest BCUT2D eigenvalue weighted by atomic mass is 9.94. The topological polar surface area (TPSA) is 65.7 Å². The van der Waals surface area contributed by atoms with Crippen LogP contribution < -0.4 is 10.6 Å². The van der Waals surface area contributed by atoms with Gasteiger partial charge in [-0.2, -0.15) is 0 Å². The molecule has 1 aliphatic heterocycles. The number of benzene rings is 1. The van der Waals surface area contributed by atoms with Gasteiger partial charge in [-0.3, -0.25) is 4.90 Å². The SMILES string of the molecule is CCNC(=NCc1ncc(C(C)(C)C)o1)NCCN1CCc2ccccc2C1. The van der Waals surface area contributed by atoms with Crippen molar-refractivity contribution in [2.45, 2.75) is 52.6 Å². The first-order chi connectivity index (χ1) is 13.5. The Morgan fingerprint density at radius 2 is 2.00 bits per heavy atom. The van der Waals surface area contributed by atoms with Gasteiger partial charge in [-0.15, -0.1) is 0 Å². The van der Waals surface area contributed by atoms with Crippen LogP contribution in [0.2, 0.25) is 0 Å². The van der Waals surface area contributed by atoms with Gasteiger partial charge >= 0.3 is 0 Å². The first kappa shape index (κ1) is 20.4. The van der Waals surface area contributed by atoms with Crippen molar-refractivity contribution in [2.75, 3.05) is 26.2 Å². The van der Waals surface area contributed by atoms with Gasteiger partial charge in [0.15, 0.2) is 5.96 Å². The summed E-state index contributed by atoms with van der Waals surface area (Å²) in [6.07, 6.45) is 2.93. The van der Waals surface area contributed by atoms with E-state index in [1.165, 1.54) is 11.1 Å².